The van der Waals surface area contributed by atoms with Crippen LogP contribution in [-0.4, -0.2) is 11.7 Å². The minimum Gasteiger partial charge on any atom is -0.322 e. The maximum atomic E-state index is 12.4. The van der Waals surface area contributed by atoms with Crippen LogP contribution in [0.25, 0.3) is 0 Å². The quantitative estimate of drug-likeness (QED) is 0.664. The summed E-state index contributed by atoms with van der Waals surface area (Å²) in [7, 11) is 0. The van der Waals surface area contributed by atoms with Gasteiger partial charge < -0.3 is 5.32 Å². The molecule has 0 unspecified atom stereocenters. The second-order valence-electron chi connectivity index (χ2n) is 6.48. The van der Waals surface area contributed by atoms with E-state index in [0.29, 0.717) is 17.5 Å². The van der Waals surface area contributed by atoms with Gasteiger partial charge in [-0.05, 0) is 43.7 Å². The molecular formula is C23H21NO2. The lowest BCUT2D eigenvalue weighted by Gasteiger charge is -2.07. The Hall–Kier alpha value is -3.20. The Bertz CT molecular complexity index is 829. The van der Waals surface area contributed by atoms with E-state index in [1.54, 1.807) is 24.3 Å². The third-order valence-electron chi connectivity index (χ3n) is 4.26. The van der Waals surface area contributed by atoms with Crippen molar-refractivity contribution in [2.24, 2.45) is 0 Å². The Morgan fingerprint density at radius 3 is 1.77 bits per heavy atom. The van der Waals surface area contributed by atoms with Gasteiger partial charge in [0.1, 0.15) is 0 Å². The third kappa shape index (κ3) is 4.45. The molecule has 0 aliphatic heterocycles. The molecule has 1 amide bonds. The van der Waals surface area contributed by atoms with E-state index in [4.69, 9.17) is 0 Å². The van der Waals surface area contributed by atoms with Crippen molar-refractivity contribution in [2.75, 3.05) is 5.32 Å². The number of carbonyl (C=O) groups is 2. The fourth-order valence-electron chi connectivity index (χ4n) is 2.64. The summed E-state index contributed by atoms with van der Waals surface area (Å²) in [6, 6.07) is 22.4. The highest BCUT2D eigenvalue weighted by molar-refractivity contribution is 6.05. The highest BCUT2D eigenvalue weighted by Crippen LogP contribution is 2.13. The van der Waals surface area contributed by atoms with Gasteiger partial charge in [0.25, 0.3) is 5.91 Å². The maximum absolute atomic E-state index is 12.4. The zero-order valence-electron chi connectivity index (χ0n) is 15.0. The van der Waals surface area contributed by atoms with Gasteiger partial charge in [-0.25, -0.2) is 0 Å². The average Bonchev–Trinajstić information content (AvgIpc) is 2.65. The second kappa shape index (κ2) is 7.79. The zero-order chi connectivity index (χ0) is 18.5. The zero-order valence-corrected chi connectivity index (χ0v) is 15.0. The molecule has 3 aromatic rings. The van der Waals surface area contributed by atoms with E-state index in [1.807, 2.05) is 62.4 Å². The summed E-state index contributed by atoms with van der Waals surface area (Å²) in [4.78, 5) is 24.7. The number of benzene rings is 3. The monoisotopic (exact) mass is 343 g/mol. The van der Waals surface area contributed by atoms with Crippen LogP contribution in [0.3, 0.4) is 0 Å². The predicted octanol–water partition coefficient (Wildman–Crippen LogP) is 4.98. The molecular weight excluding hydrogens is 322 g/mol. The van der Waals surface area contributed by atoms with E-state index < -0.39 is 0 Å². The molecule has 0 atom stereocenters. The Morgan fingerprint density at radius 1 is 0.692 bits per heavy atom. The van der Waals surface area contributed by atoms with Gasteiger partial charge in [-0.1, -0.05) is 59.7 Å². The number of carbonyl (C=O) groups excluding carboxylic acids is 2. The van der Waals surface area contributed by atoms with Crippen molar-refractivity contribution in [1.82, 2.24) is 0 Å². The van der Waals surface area contributed by atoms with Crippen LogP contribution in [0.5, 0.6) is 0 Å². The van der Waals surface area contributed by atoms with Crippen LogP contribution >= 0.6 is 0 Å². The van der Waals surface area contributed by atoms with Gasteiger partial charge in [-0.3, -0.25) is 9.59 Å². The molecule has 0 spiro atoms. The minimum absolute atomic E-state index is 0.0411. The van der Waals surface area contributed by atoms with E-state index in [1.165, 1.54) is 5.56 Å². The highest BCUT2D eigenvalue weighted by Gasteiger charge is 2.10. The number of ketones is 1. The smallest absolute Gasteiger partial charge is 0.255 e. The van der Waals surface area contributed by atoms with Crippen LogP contribution in [0.15, 0.2) is 72.8 Å². The third-order valence-corrected chi connectivity index (χ3v) is 4.26. The van der Waals surface area contributed by atoms with Gasteiger partial charge in [0.05, 0.1) is 0 Å². The molecule has 3 heteroatoms. The van der Waals surface area contributed by atoms with E-state index in [-0.39, 0.29) is 11.7 Å². The minimum atomic E-state index is -0.189. The van der Waals surface area contributed by atoms with Crippen molar-refractivity contribution in [3.8, 4) is 0 Å². The van der Waals surface area contributed by atoms with Crippen molar-refractivity contribution in [3.05, 3.63) is 101 Å². The van der Waals surface area contributed by atoms with Crippen LogP contribution < -0.4 is 5.32 Å². The predicted molar refractivity (Wildman–Crippen MR) is 105 cm³/mol. The molecule has 3 aromatic carbocycles. The van der Waals surface area contributed by atoms with E-state index in [2.05, 4.69) is 5.32 Å². The van der Waals surface area contributed by atoms with Gasteiger partial charge in [0.15, 0.2) is 5.78 Å². The van der Waals surface area contributed by atoms with Gasteiger partial charge in [0.2, 0.25) is 0 Å². The molecule has 0 bridgehead atoms. The molecule has 0 saturated carbocycles. The van der Waals surface area contributed by atoms with E-state index >= 15 is 0 Å². The first kappa shape index (κ1) is 17.6. The lowest BCUT2D eigenvalue weighted by atomic mass is 10.0. The number of Topliss-reactive ketones (excluding diaryl/α,β-unsaturated/α-hetero) is 1. The summed E-state index contributed by atoms with van der Waals surface area (Å²) < 4.78 is 0. The molecule has 0 fully saturated rings. The summed E-state index contributed by atoms with van der Waals surface area (Å²) in [5, 5.41) is 2.86. The molecule has 0 heterocycles. The second-order valence-corrected chi connectivity index (χ2v) is 6.48. The first-order valence-electron chi connectivity index (χ1n) is 8.58. The van der Waals surface area contributed by atoms with Crippen molar-refractivity contribution in [2.45, 2.75) is 20.3 Å². The normalized spacial score (nSPS) is 10.4. The van der Waals surface area contributed by atoms with Crippen molar-refractivity contribution in [3.63, 3.8) is 0 Å². The summed E-state index contributed by atoms with van der Waals surface area (Å²) >= 11 is 0. The van der Waals surface area contributed by atoms with Crippen LogP contribution in [-0.2, 0) is 6.42 Å². The SMILES string of the molecule is Cc1ccc(CC(=O)c2ccc(C(=O)Nc3ccc(C)cc3)cc2)cc1. The van der Waals surface area contributed by atoms with Crippen LogP contribution in [0, 0.1) is 13.8 Å². The number of hydrogen-bond donors (Lipinski definition) is 1. The number of aryl methyl sites for hydroxylation is 2. The van der Waals surface area contributed by atoms with Crippen LogP contribution in [0.2, 0.25) is 0 Å². The Kier molecular flexibility index (Phi) is 5.28. The molecule has 26 heavy (non-hydrogen) atoms. The molecule has 0 saturated heterocycles. The number of anilines is 1. The van der Waals surface area contributed by atoms with Crippen molar-refractivity contribution >= 4 is 17.4 Å². The van der Waals surface area contributed by atoms with Gasteiger partial charge >= 0.3 is 0 Å². The topological polar surface area (TPSA) is 46.2 Å². The largest absolute Gasteiger partial charge is 0.322 e. The summed E-state index contributed by atoms with van der Waals surface area (Å²) in [5.74, 6) is -0.147. The molecule has 0 aliphatic rings. The molecule has 1 N–H and O–H groups in total. The molecule has 3 rings (SSSR count). The number of hydrogen-bond acceptors (Lipinski definition) is 2. The first-order chi connectivity index (χ1) is 12.5. The lowest BCUT2D eigenvalue weighted by Crippen LogP contribution is -2.12. The molecule has 0 radical (unpaired) electrons. The Morgan fingerprint density at radius 2 is 1.19 bits per heavy atom. The van der Waals surface area contributed by atoms with Crippen molar-refractivity contribution < 1.29 is 9.59 Å². The van der Waals surface area contributed by atoms with Gasteiger partial charge in [-0.15, -0.1) is 0 Å². The standard InChI is InChI=1S/C23H21NO2/c1-16-3-7-18(8-4-16)15-22(25)19-9-11-20(12-10-19)23(26)24-21-13-5-17(2)6-14-21/h3-14H,15H2,1-2H3,(H,24,26). The fourth-order valence-corrected chi connectivity index (χ4v) is 2.64. The Labute approximate surface area is 153 Å². The highest BCUT2D eigenvalue weighted by atomic mass is 16.1. The fraction of sp³-hybridized carbons (Fsp3) is 0.130. The number of nitrogens with one attached hydrogen (secondary N) is 1. The average molecular weight is 343 g/mol. The maximum Gasteiger partial charge on any atom is 0.255 e. The first-order valence-corrected chi connectivity index (χ1v) is 8.58. The summed E-state index contributed by atoms with van der Waals surface area (Å²) in [5.41, 5.74) is 5.18. The van der Waals surface area contributed by atoms with Crippen LogP contribution in [0.1, 0.15) is 37.4 Å². The number of rotatable bonds is 5. The van der Waals surface area contributed by atoms with Crippen molar-refractivity contribution in [1.29, 1.82) is 0 Å². The molecule has 130 valence electrons. The number of amides is 1. The molecule has 0 aromatic heterocycles. The van der Waals surface area contributed by atoms with E-state index in [0.717, 1.165) is 16.8 Å². The molecule has 0 aliphatic carbocycles. The van der Waals surface area contributed by atoms with Crippen LogP contribution in [0.4, 0.5) is 5.69 Å². The van der Waals surface area contributed by atoms with Gasteiger partial charge in [-0.2, -0.15) is 0 Å². The van der Waals surface area contributed by atoms with E-state index in [9.17, 15) is 9.59 Å². The Balaban J connectivity index is 1.65. The molecule has 3 nitrogen and oxygen atoms in total. The summed E-state index contributed by atoms with van der Waals surface area (Å²) in [6.07, 6.45) is 0.356. The lowest BCUT2D eigenvalue weighted by molar-refractivity contribution is 0.0989. The van der Waals surface area contributed by atoms with Gasteiger partial charge in [0, 0.05) is 23.2 Å². The summed E-state index contributed by atoms with van der Waals surface area (Å²) in [6.45, 7) is 4.02.